The van der Waals surface area contributed by atoms with Gasteiger partial charge in [0.15, 0.2) is 5.82 Å². The molecule has 0 radical (unpaired) electrons. The summed E-state index contributed by atoms with van der Waals surface area (Å²) in [5.74, 6) is 2.24. The third kappa shape index (κ3) is 3.24. The summed E-state index contributed by atoms with van der Waals surface area (Å²) in [7, 11) is 0. The van der Waals surface area contributed by atoms with Crippen LogP contribution in [0.5, 0.6) is 0 Å². The molecule has 0 unspecified atom stereocenters. The zero-order valence-corrected chi connectivity index (χ0v) is 13.1. The second-order valence-electron chi connectivity index (χ2n) is 5.64. The van der Waals surface area contributed by atoms with E-state index >= 15 is 0 Å². The molecule has 2 aromatic rings. The highest BCUT2D eigenvalue weighted by Gasteiger charge is 2.32. The van der Waals surface area contributed by atoms with Crippen LogP contribution in [-0.4, -0.2) is 31.6 Å². The topological polar surface area (TPSA) is 61.8 Å². The Balaban J connectivity index is 1.59. The molecule has 2 aromatic heterocycles. The highest BCUT2D eigenvalue weighted by atomic mass is 32.2. The maximum absolute atomic E-state index is 10.6. The highest BCUT2D eigenvalue weighted by molar-refractivity contribution is 7.99. The third-order valence-electron chi connectivity index (χ3n) is 3.89. The van der Waals surface area contributed by atoms with Gasteiger partial charge in [-0.05, 0) is 43.0 Å². The quantitative estimate of drug-likeness (QED) is 0.848. The van der Waals surface area contributed by atoms with Crippen LogP contribution in [-0.2, 0) is 0 Å². The molecule has 108 valence electrons. The lowest BCUT2D eigenvalue weighted by atomic mass is 9.81. The number of thiophene rings is 1. The third-order valence-corrected chi connectivity index (χ3v) is 5.89. The first-order valence-corrected chi connectivity index (χ1v) is 8.83. The maximum atomic E-state index is 10.6. The van der Waals surface area contributed by atoms with Gasteiger partial charge in [-0.25, -0.2) is 4.98 Å². The molecule has 1 fully saturated rings. The van der Waals surface area contributed by atoms with Gasteiger partial charge in [-0.3, -0.25) is 5.10 Å². The van der Waals surface area contributed by atoms with Crippen molar-refractivity contribution in [3.63, 3.8) is 0 Å². The van der Waals surface area contributed by atoms with Crippen LogP contribution in [0.15, 0.2) is 22.7 Å². The molecule has 1 aliphatic rings. The average molecular weight is 309 g/mol. The van der Waals surface area contributed by atoms with Crippen LogP contribution in [0.4, 0.5) is 0 Å². The number of thioether (sulfide) groups is 1. The van der Waals surface area contributed by atoms with E-state index in [1.54, 1.807) is 23.1 Å². The molecule has 3 rings (SSSR count). The van der Waals surface area contributed by atoms with E-state index in [1.165, 1.54) is 0 Å². The monoisotopic (exact) mass is 309 g/mol. The standard InChI is InChI=1S/C14H19N3OS2/c1-10-4-6-14(18,7-5-10)9-20-13-15-12(16-17-13)11-3-2-8-19-11/h2-3,8,10,18H,4-7,9H2,1H3,(H,15,16,17). The first-order valence-electron chi connectivity index (χ1n) is 6.96. The Kier molecular flexibility index (Phi) is 4.14. The Morgan fingerprint density at radius 2 is 2.30 bits per heavy atom. The lowest BCUT2D eigenvalue weighted by Gasteiger charge is -2.34. The van der Waals surface area contributed by atoms with E-state index < -0.39 is 5.60 Å². The molecule has 4 nitrogen and oxygen atoms in total. The SMILES string of the molecule is CC1CCC(O)(CSc2n[nH]c(-c3cccs3)n2)CC1. The number of nitrogens with one attached hydrogen (secondary N) is 1. The van der Waals surface area contributed by atoms with Crippen molar-refractivity contribution in [3.05, 3.63) is 17.5 Å². The first kappa shape index (κ1) is 14.1. The smallest absolute Gasteiger partial charge is 0.208 e. The molecule has 0 atom stereocenters. The van der Waals surface area contributed by atoms with Gasteiger partial charge in [0, 0.05) is 5.75 Å². The van der Waals surface area contributed by atoms with Gasteiger partial charge in [-0.2, -0.15) is 0 Å². The van der Waals surface area contributed by atoms with Crippen molar-refractivity contribution in [2.45, 2.75) is 43.4 Å². The Morgan fingerprint density at radius 1 is 1.50 bits per heavy atom. The molecule has 2 N–H and O–H groups in total. The summed E-state index contributed by atoms with van der Waals surface area (Å²) in [5.41, 5.74) is -0.541. The molecule has 0 aromatic carbocycles. The number of nitrogens with zero attached hydrogens (tertiary/aromatic N) is 2. The van der Waals surface area contributed by atoms with Crippen molar-refractivity contribution >= 4 is 23.1 Å². The summed E-state index contributed by atoms with van der Waals surface area (Å²) in [4.78, 5) is 5.57. The van der Waals surface area contributed by atoms with Gasteiger partial charge in [0.1, 0.15) is 0 Å². The zero-order valence-electron chi connectivity index (χ0n) is 11.5. The van der Waals surface area contributed by atoms with Gasteiger partial charge in [0.05, 0.1) is 10.5 Å². The van der Waals surface area contributed by atoms with E-state index in [9.17, 15) is 5.11 Å². The number of hydrogen-bond donors (Lipinski definition) is 2. The van der Waals surface area contributed by atoms with E-state index in [0.717, 1.165) is 47.5 Å². The molecule has 2 heterocycles. The van der Waals surface area contributed by atoms with Crippen molar-refractivity contribution in [3.8, 4) is 10.7 Å². The predicted molar refractivity (Wildman–Crippen MR) is 83.0 cm³/mol. The predicted octanol–water partition coefficient (Wildman–Crippen LogP) is 3.57. The highest BCUT2D eigenvalue weighted by Crippen LogP contribution is 2.35. The van der Waals surface area contributed by atoms with Crippen LogP contribution in [0.3, 0.4) is 0 Å². The lowest BCUT2D eigenvalue weighted by molar-refractivity contribution is 0.0150. The van der Waals surface area contributed by atoms with Crippen LogP contribution in [0.25, 0.3) is 10.7 Å². The Labute approximate surface area is 127 Å². The molecule has 0 aliphatic heterocycles. The summed E-state index contributed by atoms with van der Waals surface area (Å²) in [6.45, 7) is 2.26. The van der Waals surface area contributed by atoms with Crippen molar-refractivity contribution < 1.29 is 5.11 Å². The summed E-state index contributed by atoms with van der Waals surface area (Å²) in [6.07, 6.45) is 4.02. The van der Waals surface area contributed by atoms with Gasteiger partial charge < -0.3 is 5.11 Å². The van der Waals surface area contributed by atoms with E-state index in [4.69, 9.17) is 0 Å². The van der Waals surface area contributed by atoms with Crippen LogP contribution >= 0.6 is 23.1 Å². The molecule has 1 aliphatic carbocycles. The van der Waals surface area contributed by atoms with E-state index in [-0.39, 0.29) is 0 Å². The fourth-order valence-corrected chi connectivity index (χ4v) is 4.09. The normalized spacial score (nSPS) is 26.8. The van der Waals surface area contributed by atoms with E-state index in [1.807, 2.05) is 17.5 Å². The van der Waals surface area contributed by atoms with Crippen LogP contribution in [0.2, 0.25) is 0 Å². The molecular formula is C14H19N3OS2. The maximum Gasteiger partial charge on any atom is 0.208 e. The second kappa shape index (κ2) is 5.87. The summed E-state index contributed by atoms with van der Waals surface area (Å²) < 4.78 is 0. The molecule has 6 heteroatoms. The minimum Gasteiger partial charge on any atom is -0.389 e. The summed E-state index contributed by atoms with van der Waals surface area (Å²) in [6, 6.07) is 4.02. The Bertz CT molecular complexity index is 545. The van der Waals surface area contributed by atoms with Gasteiger partial charge in [0.2, 0.25) is 5.16 Å². The fraction of sp³-hybridized carbons (Fsp3) is 0.571. The molecule has 0 spiro atoms. The number of aromatic amines is 1. The fourth-order valence-electron chi connectivity index (χ4n) is 2.48. The Hall–Kier alpha value is -0.850. The van der Waals surface area contributed by atoms with Crippen molar-refractivity contribution in [1.29, 1.82) is 0 Å². The zero-order chi connectivity index (χ0) is 14.0. The second-order valence-corrected chi connectivity index (χ2v) is 7.53. The van der Waals surface area contributed by atoms with E-state index in [2.05, 4.69) is 22.1 Å². The largest absolute Gasteiger partial charge is 0.389 e. The van der Waals surface area contributed by atoms with Crippen molar-refractivity contribution in [1.82, 2.24) is 15.2 Å². The number of aromatic nitrogens is 3. The van der Waals surface area contributed by atoms with Gasteiger partial charge in [-0.1, -0.05) is 24.8 Å². The molecule has 0 bridgehead atoms. The number of aliphatic hydroxyl groups is 1. The molecule has 20 heavy (non-hydrogen) atoms. The minimum atomic E-state index is -0.541. The minimum absolute atomic E-state index is 0.541. The lowest BCUT2D eigenvalue weighted by Crippen LogP contribution is -2.36. The van der Waals surface area contributed by atoms with Gasteiger partial charge in [-0.15, -0.1) is 16.4 Å². The number of H-pyrrole nitrogens is 1. The molecule has 1 saturated carbocycles. The van der Waals surface area contributed by atoms with Crippen LogP contribution in [0, 0.1) is 5.92 Å². The van der Waals surface area contributed by atoms with Gasteiger partial charge in [0.25, 0.3) is 0 Å². The first-order chi connectivity index (χ1) is 9.65. The van der Waals surface area contributed by atoms with Crippen molar-refractivity contribution in [2.24, 2.45) is 5.92 Å². The molecular weight excluding hydrogens is 290 g/mol. The molecule has 0 amide bonds. The summed E-state index contributed by atoms with van der Waals surface area (Å²) >= 11 is 3.19. The Morgan fingerprint density at radius 3 is 3.00 bits per heavy atom. The number of rotatable bonds is 4. The summed E-state index contributed by atoms with van der Waals surface area (Å²) in [5, 5.41) is 20.5. The molecule has 0 saturated heterocycles. The van der Waals surface area contributed by atoms with Gasteiger partial charge >= 0.3 is 0 Å². The average Bonchev–Trinajstić information content (AvgIpc) is 3.10. The van der Waals surface area contributed by atoms with Crippen LogP contribution < -0.4 is 0 Å². The van der Waals surface area contributed by atoms with Crippen LogP contribution in [0.1, 0.15) is 32.6 Å². The van der Waals surface area contributed by atoms with E-state index in [0.29, 0.717) is 5.75 Å². The number of hydrogen-bond acceptors (Lipinski definition) is 5. The van der Waals surface area contributed by atoms with Crippen molar-refractivity contribution in [2.75, 3.05) is 5.75 Å².